The Morgan fingerprint density at radius 1 is 1.17 bits per heavy atom. The lowest BCUT2D eigenvalue weighted by molar-refractivity contribution is 0.0953. The molecule has 0 aliphatic heterocycles. The van der Waals surface area contributed by atoms with Crippen LogP contribution in [0.1, 0.15) is 29.3 Å². The van der Waals surface area contributed by atoms with Crippen LogP contribution in [0.15, 0.2) is 53.7 Å². The fourth-order valence-corrected chi connectivity index (χ4v) is 2.97. The summed E-state index contributed by atoms with van der Waals surface area (Å²) in [7, 11) is -3.69. The fraction of sp³-hybridized carbons (Fsp3) is 0.250. The lowest BCUT2D eigenvalue weighted by Crippen LogP contribution is -2.26. The molecule has 2 aromatic rings. The van der Waals surface area contributed by atoms with Crippen LogP contribution in [-0.2, 0) is 16.6 Å². The van der Waals surface area contributed by atoms with Gasteiger partial charge in [0.1, 0.15) is 0 Å². The van der Waals surface area contributed by atoms with E-state index in [1.807, 2.05) is 6.92 Å². The number of hydrogen-bond acceptors (Lipinski definition) is 4. The summed E-state index contributed by atoms with van der Waals surface area (Å²) in [6.07, 6.45) is 4.02. The van der Waals surface area contributed by atoms with Gasteiger partial charge in [-0.05, 0) is 42.3 Å². The Morgan fingerprint density at radius 2 is 1.91 bits per heavy atom. The molecular formula is C16H19N3O3S. The molecule has 0 saturated carbocycles. The second-order valence-corrected chi connectivity index (χ2v) is 6.73. The first-order chi connectivity index (χ1) is 11.0. The molecule has 0 radical (unpaired) electrons. The van der Waals surface area contributed by atoms with Gasteiger partial charge in [0.2, 0.25) is 10.0 Å². The van der Waals surface area contributed by atoms with Crippen molar-refractivity contribution in [3.8, 4) is 0 Å². The Kier molecular flexibility index (Phi) is 5.84. The summed E-state index contributed by atoms with van der Waals surface area (Å²) in [5.41, 5.74) is 1.13. The zero-order valence-electron chi connectivity index (χ0n) is 12.8. The molecule has 0 saturated heterocycles. The molecule has 2 rings (SSSR count). The van der Waals surface area contributed by atoms with E-state index in [4.69, 9.17) is 0 Å². The SMILES string of the molecule is CCCNC(=O)c1cccc(S(=O)(=O)NCc2ccncc2)c1. The topological polar surface area (TPSA) is 88.2 Å². The summed E-state index contributed by atoms with van der Waals surface area (Å²) in [5.74, 6) is -0.280. The Labute approximate surface area is 136 Å². The molecule has 1 amide bonds. The Morgan fingerprint density at radius 3 is 2.61 bits per heavy atom. The zero-order valence-corrected chi connectivity index (χ0v) is 13.6. The molecule has 122 valence electrons. The number of amides is 1. The maximum absolute atomic E-state index is 12.3. The molecule has 0 atom stereocenters. The summed E-state index contributed by atoms with van der Waals surface area (Å²) >= 11 is 0. The van der Waals surface area contributed by atoms with E-state index < -0.39 is 10.0 Å². The zero-order chi connectivity index (χ0) is 16.7. The summed E-state index contributed by atoms with van der Waals surface area (Å²) < 4.78 is 27.2. The number of nitrogens with zero attached hydrogens (tertiary/aromatic N) is 1. The summed E-state index contributed by atoms with van der Waals surface area (Å²) in [6, 6.07) is 9.45. The van der Waals surface area contributed by atoms with Gasteiger partial charge in [-0.15, -0.1) is 0 Å². The molecule has 23 heavy (non-hydrogen) atoms. The van der Waals surface area contributed by atoms with Gasteiger partial charge >= 0.3 is 0 Å². The molecule has 0 aliphatic rings. The maximum Gasteiger partial charge on any atom is 0.251 e. The predicted molar refractivity (Wildman–Crippen MR) is 87.3 cm³/mol. The van der Waals surface area contributed by atoms with Crippen molar-refractivity contribution in [3.63, 3.8) is 0 Å². The van der Waals surface area contributed by atoms with Gasteiger partial charge in [-0.2, -0.15) is 0 Å². The molecule has 7 heteroatoms. The Hall–Kier alpha value is -2.25. The van der Waals surface area contributed by atoms with E-state index in [1.165, 1.54) is 12.1 Å². The minimum Gasteiger partial charge on any atom is -0.352 e. The van der Waals surface area contributed by atoms with Crippen molar-refractivity contribution in [2.75, 3.05) is 6.54 Å². The van der Waals surface area contributed by atoms with Crippen molar-refractivity contribution in [1.29, 1.82) is 0 Å². The second kappa shape index (κ2) is 7.85. The smallest absolute Gasteiger partial charge is 0.251 e. The Balaban J connectivity index is 2.11. The predicted octanol–water partition coefficient (Wildman–Crippen LogP) is 1.70. The van der Waals surface area contributed by atoms with Crippen LogP contribution in [0.25, 0.3) is 0 Å². The largest absolute Gasteiger partial charge is 0.352 e. The number of nitrogens with one attached hydrogen (secondary N) is 2. The highest BCUT2D eigenvalue weighted by Gasteiger charge is 2.16. The third kappa shape index (κ3) is 4.87. The third-order valence-corrected chi connectivity index (χ3v) is 4.56. The number of carbonyl (C=O) groups is 1. The van der Waals surface area contributed by atoms with Crippen LogP contribution < -0.4 is 10.0 Å². The van der Waals surface area contributed by atoms with Gasteiger partial charge in [0.15, 0.2) is 0 Å². The van der Waals surface area contributed by atoms with Crippen molar-refractivity contribution >= 4 is 15.9 Å². The average molecular weight is 333 g/mol. The number of pyridine rings is 1. The molecule has 2 N–H and O–H groups in total. The molecule has 6 nitrogen and oxygen atoms in total. The van der Waals surface area contributed by atoms with E-state index in [-0.39, 0.29) is 17.3 Å². The molecule has 0 spiro atoms. The summed E-state index contributed by atoms with van der Waals surface area (Å²) in [6.45, 7) is 2.66. The first-order valence-corrected chi connectivity index (χ1v) is 8.78. The van der Waals surface area contributed by atoms with E-state index in [0.717, 1.165) is 12.0 Å². The van der Waals surface area contributed by atoms with E-state index in [1.54, 1.807) is 36.7 Å². The number of aromatic nitrogens is 1. The number of sulfonamides is 1. The van der Waals surface area contributed by atoms with E-state index in [2.05, 4.69) is 15.0 Å². The minimum absolute atomic E-state index is 0.0655. The lowest BCUT2D eigenvalue weighted by atomic mass is 10.2. The van der Waals surface area contributed by atoms with Crippen LogP contribution in [0.2, 0.25) is 0 Å². The van der Waals surface area contributed by atoms with Crippen molar-refractivity contribution in [3.05, 3.63) is 59.9 Å². The molecule has 0 unspecified atom stereocenters. The van der Waals surface area contributed by atoms with Gasteiger partial charge in [0.25, 0.3) is 5.91 Å². The van der Waals surface area contributed by atoms with Crippen LogP contribution in [0.4, 0.5) is 0 Å². The molecule has 1 aromatic carbocycles. The fourth-order valence-electron chi connectivity index (χ4n) is 1.91. The standard InChI is InChI=1S/C16H19N3O3S/c1-2-8-18-16(20)14-4-3-5-15(11-14)23(21,22)19-12-13-6-9-17-10-7-13/h3-7,9-11,19H,2,8,12H2,1H3,(H,18,20). The first kappa shape index (κ1) is 17.1. The van der Waals surface area contributed by atoms with Gasteiger partial charge in [-0.1, -0.05) is 13.0 Å². The van der Waals surface area contributed by atoms with E-state index in [0.29, 0.717) is 12.1 Å². The van der Waals surface area contributed by atoms with E-state index in [9.17, 15) is 13.2 Å². The molecule has 1 heterocycles. The molecule has 0 aliphatic carbocycles. The van der Waals surface area contributed by atoms with Gasteiger partial charge in [0.05, 0.1) is 4.90 Å². The number of rotatable bonds is 7. The van der Waals surface area contributed by atoms with Crippen molar-refractivity contribution in [1.82, 2.24) is 15.0 Å². The van der Waals surface area contributed by atoms with Gasteiger partial charge in [-0.3, -0.25) is 9.78 Å². The maximum atomic E-state index is 12.3. The molecule has 1 aromatic heterocycles. The minimum atomic E-state index is -3.69. The van der Waals surface area contributed by atoms with Crippen LogP contribution >= 0.6 is 0 Å². The molecular weight excluding hydrogens is 314 g/mol. The van der Waals surface area contributed by atoms with E-state index >= 15 is 0 Å². The summed E-state index contributed by atoms with van der Waals surface area (Å²) in [5, 5.41) is 2.72. The third-order valence-electron chi connectivity index (χ3n) is 3.16. The van der Waals surface area contributed by atoms with Crippen molar-refractivity contribution in [2.24, 2.45) is 0 Å². The van der Waals surface area contributed by atoms with Crippen LogP contribution in [-0.4, -0.2) is 25.9 Å². The lowest BCUT2D eigenvalue weighted by Gasteiger charge is -2.09. The van der Waals surface area contributed by atoms with Gasteiger partial charge in [0, 0.05) is 31.0 Å². The van der Waals surface area contributed by atoms with Gasteiger partial charge in [-0.25, -0.2) is 13.1 Å². The van der Waals surface area contributed by atoms with Crippen LogP contribution in [0, 0.1) is 0 Å². The van der Waals surface area contributed by atoms with Crippen molar-refractivity contribution < 1.29 is 13.2 Å². The second-order valence-electron chi connectivity index (χ2n) is 4.96. The molecule has 0 fully saturated rings. The number of hydrogen-bond donors (Lipinski definition) is 2. The highest BCUT2D eigenvalue weighted by atomic mass is 32.2. The highest BCUT2D eigenvalue weighted by molar-refractivity contribution is 7.89. The highest BCUT2D eigenvalue weighted by Crippen LogP contribution is 2.12. The monoisotopic (exact) mass is 333 g/mol. The van der Waals surface area contributed by atoms with Crippen LogP contribution in [0.5, 0.6) is 0 Å². The first-order valence-electron chi connectivity index (χ1n) is 7.30. The normalized spacial score (nSPS) is 11.2. The van der Waals surface area contributed by atoms with Gasteiger partial charge < -0.3 is 5.32 Å². The number of benzene rings is 1. The average Bonchev–Trinajstić information content (AvgIpc) is 2.59. The molecule has 0 bridgehead atoms. The van der Waals surface area contributed by atoms with Crippen molar-refractivity contribution in [2.45, 2.75) is 24.8 Å². The Bertz CT molecular complexity index is 761. The summed E-state index contributed by atoms with van der Waals surface area (Å²) in [4.78, 5) is 15.9. The van der Waals surface area contributed by atoms with Crippen LogP contribution in [0.3, 0.4) is 0 Å². The number of carbonyl (C=O) groups excluding carboxylic acids is 1. The quantitative estimate of drug-likeness (QED) is 0.807.